The zero-order chi connectivity index (χ0) is 22.7. The fraction of sp³-hybridized carbons (Fsp3) is 0.409. The summed E-state index contributed by atoms with van der Waals surface area (Å²) in [6.07, 6.45) is 7.73. The van der Waals surface area contributed by atoms with E-state index in [-0.39, 0.29) is 19.1 Å². The first kappa shape index (κ1) is 21.7. The van der Waals surface area contributed by atoms with Gasteiger partial charge in [0.2, 0.25) is 5.91 Å². The summed E-state index contributed by atoms with van der Waals surface area (Å²) in [6, 6.07) is 3.02. The van der Waals surface area contributed by atoms with Gasteiger partial charge >= 0.3 is 0 Å². The van der Waals surface area contributed by atoms with Gasteiger partial charge in [0, 0.05) is 43.8 Å². The van der Waals surface area contributed by atoms with Gasteiger partial charge in [-0.3, -0.25) is 14.5 Å². The summed E-state index contributed by atoms with van der Waals surface area (Å²) in [7, 11) is 3.67. The fourth-order valence-electron chi connectivity index (χ4n) is 3.70. The van der Waals surface area contributed by atoms with Gasteiger partial charge in [-0.15, -0.1) is 0 Å². The Bertz CT molecular complexity index is 1110. The van der Waals surface area contributed by atoms with E-state index in [1.54, 1.807) is 42.5 Å². The van der Waals surface area contributed by atoms with Gasteiger partial charge in [0.25, 0.3) is 0 Å². The summed E-state index contributed by atoms with van der Waals surface area (Å²) in [6.45, 7) is 1.98. The van der Waals surface area contributed by atoms with E-state index in [2.05, 4.69) is 15.4 Å². The van der Waals surface area contributed by atoms with Crippen LogP contribution in [0.25, 0.3) is 11.5 Å². The minimum Gasteiger partial charge on any atom is -0.491 e. The molecule has 0 bridgehead atoms. The fourth-order valence-corrected chi connectivity index (χ4v) is 3.70. The topological polar surface area (TPSA) is 118 Å². The van der Waals surface area contributed by atoms with E-state index < -0.39 is 6.04 Å². The molecule has 0 aliphatic heterocycles. The average Bonchev–Trinajstić information content (AvgIpc) is 3.44. The Balaban J connectivity index is 1.62. The number of carbonyl (C=O) groups is 1. The molecule has 0 saturated heterocycles. The molecule has 3 heterocycles. The molecular formula is C22H27N7O3. The highest BCUT2D eigenvalue weighted by Gasteiger charge is 2.27. The van der Waals surface area contributed by atoms with Crippen molar-refractivity contribution >= 4 is 17.4 Å². The number of amides is 1. The highest BCUT2D eigenvalue weighted by molar-refractivity contribution is 5.96. The Kier molecular flexibility index (Phi) is 6.31. The summed E-state index contributed by atoms with van der Waals surface area (Å²) in [5.74, 6) is 1.67. The van der Waals surface area contributed by atoms with Crippen LogP contribution in [0, 0.1) is 0 Å². The van der Waals surface area contributed by atoms with Crippen molar-refractivity contribution in [1.82, 2.24) is 24.7 Å². The van der Waals surface area contributed by atoms with Gasteiger partial charge in [-0.1, -0.05) is 0 Å². The number of pyridine rings is 1. The number of ether oxygens (including phenoxy) is 1. The number of anilines is 2. The Morgan fingerprint density at radius 2 is 2.22 bits per heavy atom. The molecule has 1 aliphatic rings. The van der Waals surface area contributed by atoms with E-state index in [0.717, 1.165) is 36.3 Å². The minimum atomic E-state index is -0.463. The molecular weight excluding hydrogens is 410 g/mol. The molecule has 32 heavy (non-hydrogen) atoms. The normalized spacial score (nSPS) is 13.5. The molecule has 0 saturated carbocycles. The molecule has 0 aromatic carbocycles. The molecule has 10 nitrogen and oxygen atoms in total. The number of fused-ring (bicyclic) bond motifs is 1. The molecule has 2 N–H and O–H groups in total. The second kappa shape index (κ2) is 9.31. The number of hydrogen-bond acceptors (Lipinski definition) is 8. The number of carbonyl (C=O) groups excluding carboxylic acids is 1. The number of aryl methyl sites for hydroxylation is 2. The van der Waals surface area contributed by atoms with E-state index >= 15 is 0 Å². The summed E-state index contributed by atoms with van der Waals surface area (Å²) < 4.78 is 7.14. The summed E-state index contributed by atoms with van der Waals surface area (Å²) in [5.41, 5.74) is 3.29. The molecule has 0 fully saturated rings. The van der Waals surface area contributed by atoms with Gasteiger partial charge in [-0.05, 0) is 32.3 Å². The standard InChI is InChI=1S/C22H27N7O3/c1-14(22(31)25-15-12-24-28(2)13-15)29(3)21-17-5-4-6-18(17)26-20(27-21)19-11-16(7-8-23-19)32-10-9-30/h7-8,11-14,30H,4-6,9-10H2,1-3H3,(H,25,31)/t14-/m1/s1. The lowest BCUT2D eigenvalue weighted by Gasteiger charge is -2.27. The predicted molar refractivity (Wildman–Crippen MR) is 120 cm³/mol. The maximum absolute atomic E-state index is 12.9. The van der Waals surface area contributed by atoms with Gasteiger partial charge in [0.15, 0.2) is 5.82 Å². The second-order valence-corrected chi connectivity index (χ2v) is 7.78. The van der Waals surface area contributed by atoms with Crippen molar-refractivity contribution in [2.45, 2.75) is 32.2 Å². The number of nitrogens with zero attached hydrogens (tertiary/aromatic N) is 6. The number of aliphatic hydroxyl groups excluding tert-OH is 1. The first-order valence-electron chi connectivity index (χ1n) is 10.6. The van der Waals surface area contributed by atoms with Crippen molar-refractivity contribution in [3.63, 3.8) is 0 Å². The number of rotatable bonds is 8. The van der Waals surface area contributed by atoms with Crippen LogP contribution in [-0.2, 0) is 24.7 Å². The van der Waals surface area contributed by atoms with Crippen LogP contribution in [-0.4, -0.2) is 62.0 Å². The maximum atomic E-state index is 12.9. The van der Waals surface area contributed by atoms with E-state index in [1.807, 2.05) is 18.9 Å². The zero-order valence-corrected chi connectivity index (χ0v) is 18.4. The molecule has 3 aromatic heterocycles. The Morgan fingerprint density at radius 1 is 1.38 bits per heavy atom. The van der Waals surface area contributed by atoms with Crippen LogP contribution in [0.15, 0.2) is 30.7 Å². The van der Waals surface area contributed by atoms with Crippen molar-refractivity contribution in [1.29, 1.82) is 0 Å². The minimum absolute atomic E-state index is 0.0685. The van der Waals surface area contributed by atoms with Crippen LogP contribution in [0.2, 0.25) is 0 Å². The van der Waals surface area contributed by atoms with Gasteiger partial charge in [-0.25, -0.2) is 9.97 Å². The summed E-state index contributed by atoms with van der Waals surface area (Å²) in [5, 5.41) is 16.0. The van der Waals surface area contributed by atoms with Gasteiger partial charge < -0.3 is 20.1 Å². The lowest BCUT2D eigenvalue weighted by molar-refractivity contribution is -0.117. The van der Waals surface area contributed by atoms with Gasteiger partial charge in [0.1, 0.15) is 29.9 Å². The highest BCUT2D eigenvalue weighted by Crippen LogP contribution is 2.32. The van der Waals surface area contributed by atoms with Crippen LogP contribution in [0.1, 0.15) is 24.6 Å². The number of likely N-dealkylation sites (N-methyl/N-ethyl adjacent to an activating group) is 1. The van der Waals surface area contributed by atoms with Crippen LogP contribution in [0.3, 0.4) is 0 Å². The SMILES string of the molecule is C[C@H](C(=O)Nc1cnn(C)c1)N(C)c1nc(-c2cc(OCCO)ccn2)nc2c1CCC2. The van der Waals surface area contributed by atoms with Crippen LogP contribution in [0.4, 0.5) is 11.5 Å². The molecule has 1 aliphatic carbocycles. The third-order valence-corrected chi connectivity index (χ3v) is 5.50. The highest BCUT2D eigenvalue weighted by atomic mass is 16.5. The predicted octanol–water partition coefficient (Wildman–Crippen LogP) is 1.60. The largest absolute Gasteiger partial charge is 0.491 e. The molecule has 0 spiro atoms. The lowest BCUT2D eigenvalue weighted by atomic mass is 10.2. The summed E-state index contributed by atoms with van der Waals surface area (Å²) in [4.78, 5) is 28.7. The van der Waals surface area contributed by atoms with Crippen LogP contribution >= 0.6 is 0 Å². The number of nitrogens with one attached hydrogen (secondary N) is 1. The molecule has 1 amide bonds. The van der Waals surface area contributed by atoms with Gasteiger partial charge in [-0.2, -0.15) is 5.10 Å². The molecule has 0 radical (unpaired) electrons. The van der Waals surface area contributed by atoms with Crippen molar-refractivity contribution in [3.8, 4) is 17.3 Å². The van der Waals surface area contributed by atoms with Crippen LogP contribution < -0.4 is 15.0 Å². The van der Waals surface area contributed by atoms with E-state index in [4.69, 9.17) is 19.8 Å². The molecule has 168 valence electrons. The molecule has 0 unspecified atom stereocenters. The smallest absolute Gasteiger partial charge is 0.246 e. The van der Waals surface area contributed by atoms with Crippen molar-refractivity contribution in [2.24, 2.45) is 7.05 Å². The maximum Gasteiger partial charge on any atom is 0.246 e. The summed E-state index contributed by atoms with van der Waals surface area (Å²) >= 11 is 0. The van der Waals surface area contributed by atoms with Crippen molar-refractivity contribution in [3.05, 3.63) is 42.0 Å². The number of hydrogen-bond donors (Lipinski definition) is 2. The van der Waals surface area contributed by atoms with Crippen molar-refractivity contribution < 1.29 is 14.6 Å². The van der Waals surface area contributed by atoms with Crippen LogP contribution in [0.5, 0.6) is 5.75 Å². The Morgan fingerprint density at radius 3 is 2.97 bits per heavy atom. The van der Waals surface area contributed by atoms with E-state index in [9.17, 15) is 4.79 Å². The molecule has 10 heteroatoms. The number of aliphatic hydroxyl groups is 1. The van der Waals surface area contributed by atoms with E-state index in [0.29, 0.717) is 23.0 Å². The molecule has 3 aromatic rings. The first-order chi connectivity index (χ1) is 15.5. The quantitative estimate of drug-likeness (QED) is 0.546. The zero-order valence-electron chi connectivity index (χ0n) is 18.4. The first-order valence-corrected chi connectivity index (χ1v) is 10.6. The average molecular weight is 438 g/mol. The number of aromatic nitrogens is 5. The third kappa shape index (κ3) is 4.54. The Hall–Kier alpha value is -3.53. The Labute approximate surface area is 186 Å². The van der Waals surface area contributed by atoms with Gasteiger partial charge in [0.05, 0.1) is 18.5 Å². The van der Waals surface area contributed by atoms with E-state index in [1.165, 1.54) is 0 Å². The van der Waals surface area contributed by atoms with Crippen molar-refractivity contribution in [2.75, 3.05) is 30.5 Å². The lowest BCUT2D eigenvalue weighted by Crippen LogP contribution is -2.40. The third-order valence-electron chi connectivity index (χ3n) is 5.50. The molecule has 1 atom stereocenters. The monoisotopic (exact) mass is 437 g/mol. The second-order valence-electron chi connectivity index (χ2n) is 7.78. The molecule has 4 rings (SSSR count).